The third-order valence-corrected chi connectivity index (χ3v) is 5.41. The largest absolute Gasteiger partial charge is 0.445 e. The average molecular weight is 375 g/mol. The molecule has 6 nitrogen and oxygen atoms in total. The summed E-state index contributed by atoms with van der Waals surface area (Å²) in [6.07, 6.45) is 3.39. The Morgan fingerprint density at radius 1 is 1.11 bits per heavy atom. The van der Waals surface area contributed by atoms with E-state index in [4.69, 9.17) is 14.2 Å². The molecule has 2 bridgehead atoms. The number of ketones is 1. The number of piperidine rings is 1. The number of fused-ring (bicyclic) bond motifs is 2. The van der Waals surface area contributed by atoms with Gasteiger partial charge in [0.15, 0.2) is 0 Å². The molecular formula is C21H29NO5. The van der Waals surface area contributed by atoms with Gasteiger partial charge in [-0.1, -0.05) is 30.3 Å². The van der Waals surface area contributed by atoms with E-state index >= 15 is 0 Å². The first-order chi connectivity index (χ1) is 13.2. The van der Waals surface area contributed by atoms with Crippen LogP contribution in [0.3, 0.4) is 0 Å². The number of rotatable bonds is 8. The molecule has 0 saturated carbocycles. The molecule has 2 saturated heterocycles. The van der Waals surface area contributed by atoms with Crippen molar-refractivity contribution in [1.29, 1.82) is 0 Å². The standard InChI is InChI=1S/C21H29NO5/c1-25-10-6-5-9-20(23)17-11-18-14-26-15-19(12-17)22(18)21(24)27-13-16-7-3-2-4-8-16/h2-4,7-8,17-19H,5-6,9-15H2,1H3. The number of carbonyl (C=O) groups excluding carboxylic acids is 2. The highest BCUT2D eigenvalue weighted by Gasteiger charge is 2.44. The molecule has 2 aliphatic rings. The van der Waals surface area contributed by atoms with Crippen molar-refractivity contribution in [3.05, 3.63) is 35.9 Å². The lowest BCUT2D eigenvalue weighted by Crippen LogP contribution is -2.59. The Hall–Kier alpha value is -1.92. The molecule has 2 fully saturated rings. The third kappa shape index (κ3) is 5.30. The molecule has 27 heavy (non-hydrogen) atoms. The highest BCUT2D eigenvalue weighted by atomic mass is 16.6. The van der Waals surface area contributed by atoms with Crippen LogP contribution in [0.5, 0.6) is 0 Å². The smallest absolute Gasteiger partial charge is 0.410 e. The van der Waals surface area contributed by atoms with Crippen molar-refractivity contribution >= 4 is 11.9 Å². The molecule has 1 amide bonds. The highest BCUT2D eigenvalue weighted by molar-refractivity contribution is 5.81. The normalized spacial score (nSPS) is 24.5. The molecule has 0 aromatic heterocycles. The van der Waals surface area contributed by atoms with Crippen molar-refractivity contribution in [3.63, 3.8) is 0 Å². The fourth-order valence-electron chi connectivity index (χ4n) is 4.02. The predicted octanol–water partition coefficient (Wildman–Crippen LogP) is 3.19. The second-order valence-corrected chi connectivity index (χ2v) is 7.38. The summed E-state index contributed by atoms with van der Waals surface area (Å²) >= 11 is 0. The Morgan fingerprint density at radius 3 is 2.48 bits per heavy atom. The molecule has 148 valence electrons. The van der Waals surface area contributed by atoms with Crippen molar-refractivity contribution < 1.29 is 23.8 Å². The van der Waals surface area contributed by atoms with Crippen LogP contribution in [0.15, 0.2) is 30.3 Å². The lowest BCUT2D eigenvalue weighted by atomic mass is 9.81. The van der Waals surface area contributed by atoms with E-state index in [1.807, 2.05) is 30.3 Å². The summed E-state index contributed by atoms with van der Waals surface area (Å²) in [7, 11) is 1.68. The Kier molecular flexibility index (Phi) is 7.24. The molecule has 6 heteroatoms. The Morgan fingerprint density at radius 2 is 1.81 bits per heavy atom. The summed E-state index contributed by atoms with van der Waals surface area (Å²) in [5, 5.41) is 0. The first-order valence-corrected chi connectivity index (χ1v) is 9.77. The SMILES string of the molecule is COCCCCC(=O)C1CC2COCC(C1)N2C(=O)OCc1ccccc1. The van der Waals surface area contributed by atoms with Crippen LogP contribution in [0.25, 0.3) is 0 Å². The zero-order valence-electron chi connectivity index (χ0n) is 16.0. The van der Waals surface area contributed by atoms with Gasteiger partial charge in [0.1, 0.15) is 12.4 Å². The quantitative estimate of drug-likeness (QED) is 0.653. The molecule has 1 aromatic rings. The topological polar surface area (TPSA) is 65.1 Å². The number of ether oxygens (including phenoxy) is 3. The van der Waals surface area contributed by atoms with Gasteiger partial charge in [0.05, 0.1) is 25.3 Å². The maximum absolute atomic E-state index is 12.7. The monoisotopic (exact) mass is 375 g/mol. The van der Waals surface area contributed by atoms with Crippen LogP contribution in [0, 0.1) is 5.92 Å². The molecule has 2 aliphatic heterocycles. The number of Topliss-reactive ketones (excluding diaryl/α,β-unsaturated/α-hetero) is 1. The van der Waals surface area contributed by atoms with Crippen molar-refractivity contribution in [2.24, 2.45) is 5.92 Å². The second kappa shape index (κ2) is 9.85. The average Bonchev–Trinajstić information content (AvgIpc) is 2.69. The van der Waals surface area contributed by atoms with Crippen molar-refractivity contribution in [2.75, 3.05) is 26.9 Å². The van der Waals surface area contributed by atoms with Gasteiger partial charge in [0.25, 0.3) is 0 Å². The van der Waals surface area contributed by atoms with Crippen LogP contribution >= 0.6 is 0 Å². The summed E-state index contributed by atoms with van der Waals surface area (Å²) in [5.74, 6) is 0.324. The number of hydrogen-bond donors (Lipinski definition) is 0. The summed E-state index contributed by atoms with van der Waals surface area (Å²) in [4.78, 5) is 27.0. The zero-order valence-corrected chi connectivity index (χ0v) is 16.0. The summed E-state index contributed by atoms with van der Waals surface area (Å²) in [6.45, 7) is 1.91. The molecule has 0 aliphatic carbocycles. The molecule has 1 aromatic carbocycles. The third-order valence-electron chi connectivity index (χ3n) is 5.41. The van der Waals surface area contributed by atoms with Crippen molar-refractivity contribution in [1.82, 2.24) is 4.90 Å². The first kappa shape index (κ1) is 19.8. The predicted molar refractivity (Wildman–Crippen MR) is 100 cm³/mol. The zero-order chi connectivity index (χ0) is 19.1. The molecule has 2 unspecified atom stereocenters. The van der Waals surface area contributed by atoms with Crippen LogP contribution in [0.2, 0.25) is 0 Å². The van der Waals surface area contributed by atoms with Crippen LogP contribution in [-0.4, -0.2) is 55.8 Å². The molecule has 3 rings (SSSR count). The maximum Gasteiger partial charge on any atom is 0.410 e. The molecular weight excluding hydrogens is 346 g/mol. The molecule has 0 spiro atoms. The number of carbonyl (C=O) groups is 2. The maximum atomic E-state index is 12.7. The molecule has 0 radical (unpaired) electrons. The van der Waals surface area contributed by atoms with Gasteiger partial charge in [-0.2, -0.15) is 0 Å². The van der Waals surface area contributed by atoms with Crippen LogP contribution in [-0.2, 0) is 25.6 Å². The minimum atomic E-state index is -0.303. The summed E-state index contributed by atoms with van der Waals surface area (Å²) < 4.78 is 16.2. The van der Waals surface area contributed by atoms with Gasteiger partial charge in [0, 0.05) is 26.1 Å². The van der Waals surface area contributed by atoms with E-state index in [-0.39, 0.29) is 30.7 Å². The van der Waals surface area contributed by atoms with E-state index in [2.05, 4.69) is 0 Å². The summed E-state index contributed by atoms with van der Waals surface area (Å²) in [6, 6.07) is 9.51. The number of methoxy groups -OCH3 is 1. The van der Waals surface area contributed by atoms with Gasteiger partial charge in [-0.05, 0) is 31.2 Å². The highest BCUT2D eigenvalue weighted by Crippen LogP contribution is 2.33. The van der Waals surface area contributed by atoms with Gasteiger partial charge in [-0.3, -0.25) is 9.69 Å². The lowest BCUT2D eigenvalue weighted by molar-refractivity contribution is -0.131. The van der Waals surface area contributed by atoms with E-state index < -0.39 is 0 Å². The van der Waals surface area contributed by atoms with Gasteiger partial charge in [-0.15, -0.1) is 0 Å². The van der Waals surface area contributed by atoms with E-state index in [0.29, 0.717) is 44.9 Å². The van der Waals surface area contributed by atoms with Gasteiger partial charge >= 0.3 is 6.09 Å². The van der Waals surface area contributed by atoms with Crippen molar-refractivity contribution in [2.45, 2.75) is 50.8 Å². The van der Waals surface area contributed by atoms with Gasteiger partial charge in [0.2, 0.25) is 0 Å². The molecule has 2 heterocycles. The number of amides is 1. The van der Waals surface area contributed by atoms with Crippen LogP contribution in [0.1, 0.15) is 37.7 Å². The number of nitrogens with zero attached hydrogens (tertiary/aromatic N) is 1. The van der Waals surface area contributed by atoms with Gasteiger partial charge in [-0.25, -0.2) is 4.79 Å². The minimum absolute atomic E-state index is 0.0182. The van der Waals surface area contributed by atoms with Crippen molar-refractivity contribution in [3.8, 4) is 0 Å². The minimum Gasteiger partial charge on any atom is -0.445 e. The first-order valence-electron chi connectivity index (χ1n) is 9.77. The Labute approximate surface area is 160 Å². The number of morpholine rings is 1. The fourth-order valence-corrected chi connectivity index (χ4v) is 4.02. The summed E-state index contributed by atoms with van der Waals surface area (Å²) in [5.41, 5.74) is 0.966. The number of benzene rings is 1. The molecule has 0 N–H and O–H groups in total. The van der Waals surface area contributed by atoms with E-state index in [0.717, 1.165) is 18.4 Å². The van der Waals surface area contributed by atoms with E-state index in [9.17, 15) is 9.59 Å². The molecule has 2 atom stereocenters. The van der Waals surface area contributed by atoms with Crippen LogP contribution in [0.4, 0.5) is 4.79 Å². The lowest BCUT2D eigenvalue weighted by Gasteiger charge is -2.47. The Bertz CT molecular complexity index is 606. The Balaban J connectivity index is 1.53. The number of hydrogen-bond acceptors (Lipinski definition) is 5. The van der Waals surface area contributed by atoms with Gasteiger partial charge < -0.3 is 14.2 Å². The van der Waals surface area contributed by atoms with E-state index in [1.54, 1.807) is 12.0 Å². The van der Waals surface area contributed by atoms with Crippen LogP contribution < -0.4 is 0 Å². The fraction of sp³-hybridized carbons (Fsp3) is 0.619. The number of unbranched alkanes of at least 4 members (excludes halogenated alkanes) is 1. The van der Waals surface area contributed by atoms with E-state index in [1.165, 1.54) is 0 Å². The second-order valence-electron chi connectivity index (χ2n) is 7.38.